The van der Waals surface area contributed by atoms with Crippen LogP contribution in [-0.2, 0) is 14.6 Å². The highest BCUT2D eigenvalue weighted by atomic mass is 35.5. The van der Waals surface area contributed by atoms with Crippen molar-refractivity contribution in [2.75, 3.05) is 0 Å². The molecule has 2 saturated carbocycles. The predicted molar refractivity (Wildman–Crippen MR) is 86.9 cm³/mol. The normalized spacial score (nSPS) is 28.1. The van der Waals surface area contributed by atoms with Crippen LogP contribution >= 0.6 is 11.6 Å². The number of carbonyl (C=O) groups is 1. The monoisotopic (exact) mass is 368 g/mol. The molecule has 2 aliphatic rings. The summed E-state index contributed by atoms with van der Waals surface area (Å²) in [5, 5.41) is 21.1. The van der Waals surface area contributed by atoms with Gasteiger partial charge in [0, 0.05) is 0 Å². The SMILES string of the molecule is N#CC1(NC(=O)[C@H]2C[C@@H](S(=O)(=O)c3ccccc3Cl)C[C@@H]2O)CC1. The zero-order valence-electron chi connectivity index (χ0n) is 12.8. The Bertz CT molecular complexity index is 814. The molecular weight excluding hydrogens is 352 g/mol. The van der Waals surface area contributed by atoms with Gasteiger partial charge in [0.1, 0.15) is 5.54 Å². The summed E-state index contributed by atoms with van der Waals surface area (Å²) in [6.07, 6.45) is 0.105. The van der Waals surface area contributed by atoms with Gasteiger partial charge in [-0.05, 0) is 37.8 Å². The van der Waals surface area contributed by atoms with Crippen LogP contribution in [0.1, 0.15) is 25.7 Å². The largest absolute Gasteiger partial charge is 0.392 e. The van der Waals surface area contributed by atoms with Gasteiger partial charge in [-0.25, -0.2) is 8.42 Å². The van der Waals surface area contributed by atoms with E-state index in [0.29, 0.717) is 12.8 Å². The molecule has 1 aromatic carbocycles. The minimum Gasteiger partial charge on any atom is -0.392 e. The van der Waals surface area contributed by atoms with Crippen molar-refractivity contribution < 1.29 is 18.3 Å². The highest BCUT2D eigenvalue weighted by molar-refractivity contribution is 7.92. The number of nitrogens with one attached hydrogen (secondary N) is 1. The summed E-state index contributed by atoms with van der Waals surface area (Å²) in [4.78, 5) is 12.3. The second-order valence-corrected chi connectivity index (χ2v) is 9.03. The molecule has 2 fully saturated rings. The molecule has 1 amide bonds. The molecular formula is C16H17ClN2O4S. The highest BCUT2D eigenvalue weighted by Crippen LogP contribution is 2.39. The lowest BCUT2D eigenvalue weighted by molar-refractivity contribution is -0.128. The van der Waals surface area contributed by atoms with Gasteiger partial charge in [-0.3, -0.25) is 4.79 Å². The van der Waals surface area contributed by atoms with Crippen LogP contribution in [-0.4, -0.2) is 36.3 Å². The summed E-state index contributed by atoms with van der Waals surface area (Å²) in [6, 6.07) is 8.18. The number of nitrogens with zero attached hydrogens (tertiary/aromatic N) is 1. The molecule has 6 nitrogen and oxygen atoms in total. The molecule has 2 N–H and O–H groups in total. The Morgan fingerprint density at radius 3 is 2.58 bits per heavy atom. The van der Waals surface area contributed by atoms with Crippen LogP contribution in [0.2, 0.25) is 5.02 Å². The fourth-order valence-electron chi connectivity index (χ4n) is 3.08. The molecule has 128 valence electrons. The van der Waals surface area contributed by atoms with Crippen molar-refractivity contribution in [3.05, 3.63) is 29.3 Å². The van der Waals surface area contributed by atoms with Gasteiger partial charge in [-0.15, -0.1) is 0 Å². The predicted octanol–water partition coefficient (Wildman–Crippen LogP) is 1.43. The summed E-state index contributed by atoms with van der Waals surface area (Å²) < 4.78 is 25.5. The molecule has 0 radical (unpaired) electrons. The summed E-state index contributed by atoms with van der Waals surface area (Å²) >= 11 is 5.98. The number of benzene rings is 1. The lowest BCUT2D eigenvalue weighted by atomic mass is 10.0. The number of carbonyl (C=O) groups excluding carboxylic acids is 1. The maximum atomic E-state index is 12.7. The van der Waals surface area contributed by atoms with Gasteiger partial charge in [0.2, 0.25) is 5.91 Å². The molecule has 0 unspecified atom stereocenters. The minimum absolute atomic E-state index is 0.0145. The third-order valence-electron chi connectivity index (χ3n) is 4.73. The van der Waals surface area contributed by atoms with E-state index in [0.717, 1.165) is 0 Å². The van der Waals surface area contributed by atoms with Crippen LogP contribution in [0.15, 0.2) is 29.2 Å². The lowest BCUT2D eigenvalue weighted by Crippen LogP contribution is -2.42. The molecule has 0 bridgehead atoms. The first-order chi connectivity index (χ1) is 11.3. The molecule has 0 spiro atoms. The fourth-order valence-corrected chi connectivity index (χ4v) is 5.42. The Kier molecular flexibility index (Phi) is 4.32. The standard InChI is InChI=1S/C16H17ClN2O4S/c17-12-3-1-2-4-14(12)24(22,23)10-7-11(13(20)8-10)15(21)19-16(9-18)5-6-16/h1-4,10-11,13,20H,5-8H2,(H,19,21)/t10-,11+,13+/m1/s1. The van der Waals surface area contributed by atoms with E-state index < -0.39 is 38.6 Å². The van der Waals surface area contributed by atoms with E-state index in [4.69, 9.17) is 16.9 Å². The topological polar surface area (TPSA) is 107 Å². The number of aliphatic hydroxyl groups excluding tert-OH is 1. The number of hydrogen-bond acceptors (Lipinski definition) is 5. The van der Waals surface area contributed by atoms with E-state index in [1.807, 2.05) is 6.07 Å². The van der Waals surface area contributed by atoms with Crippen LogP contribution in [0.3, 0.4) is 0 Å². The van der Waals surface area contributed by atoms with Crippen molar-refractivity contribution in [2.45, 2.75) is 47.5 Å². The lowest BCUT2D eigenvalue weighted by Gasteiger charge is -2.16. The van der Waals surface area contributed by atoms with Gasteiger partial charge in [0.25, 0.3) is 0 Å². The van der Waals surface area contributed by atoms with Gasteiger partial charge in [0.15, 0.2) is 9.84 Å². The zero-order chi connectivity index (χ0) is 17.5. The van der Waals surface area contributed by atoms with Crippen molar-refractivity contribution in [2.24, 2.45) is 5.92 Å². The molecule has 3 atom stereocenters. The molecule has 0 saturated heterocycles. The second-order valence-electron chi connectivity index (χ2n) is 6.43. The van der Waals surface area contributed by atoms with Crippen LogP contribution in [0, 0.1) is 17.2 Å². The number of hydrogen-bond donors (Lipinski definition) is 2. The summed E-state index contributed by atoms with van der Waals surface area (Å²) in [5.41, 5.74) is -0.837. The molecule has 24 heavy (non-hydrogen) atoms. The maximum absolute atomic E-state index is 12.7. The number of aliphatic hydroxyl groups is 1. The van der Waals surface area contributed by atoms with Crippen molar-refractivity contribution in [1.29, 1.82) is 5.26 Å². The molecule has 0 heterocycles. The van der Waals surface area contributed by atoms with Crippen LogP contribution in [0.5, 0.6) is 0 Å². The Morgan fingerprint density at radius 1 is 1.33 bits per heavy atom. The van der Waals surface area contributed by atoms with E-state index in [1.54, 1.807) is 12.1 Å². The van der Waals surface area contributed by atoms with E-state index >= 15 is 0 Å². The first-order valence-corrected chi connectivity index (χ1v) is 9.61. The number of amides is 1. The van der Waals surface area contributed by atoms with Crippen molar-refractivity contribution in [3.8, 4) is 6.07 Å². The Balaban J connectivity index is 1.77. The van der Waals surface area contributed by atoms with Gasteiger partial charge in [-0.2, -0.15) is 5.26 Å². The molecule has 2 aliphatic carbocycles. The molecule has 8 heteroatoms. The third-order valence-corrected chi connectivity index (χ3v) is 7.40. The molecule has 0 aromatic heterocycles. The molecule has 1 aromatic rings. The van der Waals surface area contributed by atoms with Crippen molar-refractivity contribution >= 4 is 27.3 Å². The minimum atomic E-state index is -3.74. The Morgan fingerprint density at radius 2 is 2.00 bits per heavy atom. The Hall–Kier alpha value is -1.62. The van der Waals surface area contributed by atoms with E-state index in [1.165, 1.54) is 12.1 Å². The smallest absolute Gasteiger partial charge is 0.227 e. The average molecular weight is 369 g/mol. The number of halogens is 1. The zero-order valence-corrected chi connectivity index (χ0v) is 14.3. The second kappa shape index (κ2) is 6.03. The van der Waals surface area contributed by atoms with Crippen LogP contribution in [0.25, 0.3) is 0 Å². The van der Waals surface area contributed by atoms with Gasteiger partial charge >= 0.3 is 0 Å². The first kappa shape index (κ1) is 17.2. The van der Waals surface area contributed by atoms with Crippen LogP contribution < -0.4 is 5.32 Å². The van der Waals surface area contributed by atoms with Crippen LogP contribution in [0.4, 0.5) is 0 Å². The summed E-state index contributed by atoms with van der Waals surface area (Å²) in [7, 11) is -3.74. The highest BCUT2D eigenvalue weighted by Gasteiger charge is 2.49. The summed E-state index contributed by atoms with van der Waals surface area (Å²) in [6.45, 7) is 0. The average Bonchev–Trinajstić information content (AvgIpc) is 3.19. The van der Waals surface area contributed by atoms with E-state index in [9.17, 15) is 18.3 Å². The van der Waals surface area contributed by atoms with Gasteiger partial charge < -0.3 is 10.4 Å². The maximum Gasteiger partial charge on any atom is 0.227 e. The van der Waals surface area contributed by atoms with E-state index in [-0.39, 0.29) is 22.8 Å². The molecule has 3 rings (SSSR count). The van der Waals surface area contributed by atoms with Crippen molar-refractivity contribution in [3.63, 3.8) is 0 Å². The van der Waals surface area contributed by atoms with Gasteiger partial charge in [0.05, 0.1) is 33.3 Å². The number of nitriles is 1. The number of sulfone groups is 1. The first-order valence-electron chi connectivity index (χ1n) is 7.69. The van der Waals surface area contributed by atoms with Gasteiger partial charge in [-0.1, -0.05) is 23.7 Å². The quantitative estimate of drug-likeness (QED) is 0.835. The Labute approximate surface area is 145 Å². The van der Waals surface area contributed by atoms with Crippen molar-refractivity contribution in [1.82, 2.24) is 5.32 Å². The molecule has 0 aliphatic heterocycles. The fraction of sp³-hybridized carbons (Fsp3) is 0.500. The third kappa shape index (κ3) is 3.02. The summed E-state index contributed by atoms with van der Waals surface area (Å²) in [5.74, 6) is -1.29. The van der Waals surface area contributed by atoms with E-state index in [2.05, 4.69) is 5.32 Å². The number of rotatable bonds is 4.